The highest BCUT2D eigenvalue weighted by Crippen LogP contribution is 2.13. The summed E-state index contributed by atoms with van der Waals surface area (Å²) < 4.78 is 0. The van der Waals surface area contributed by atoms with E-state index in [9.17, 15) is 9.59 Å². The van der Waals surface area contributed by atoms with Gasteiger partial charge in [-0.2, -0.15) is 5.26 Å². The van der Waals surface area contributed by atoms with Gasteiger partial charge < -0.3 is 10.2 Å². The van der Waals surface area contributed by atoms with Crippen LogP contribution in [0.4, 0.5) is 5.69 Å². The summed E-state index contributed by atoms with van der Waals surface area (Å²) in [5.74, 6) is -0.469. The van der Waals surface area contributed by atoms with Gasteiger partial charge in [0.1, 0.15) is 0 Å². The molecule has 0 fully saturated rings. The molecule has 0 aliphatic heterocycles. The summed E-state index contributed by atoms with van der Waals surface area (Å²) in [6.45, 7) is 5.40. The van der Waals surface area contributed by atoms with Crippen LogP contribution in [0.15, 0.2) is 42.7 Å². The molecule has 0 saturated heterocycles. The van der Waals surface area contributed by atoms with Gasteiger partial charge in [0, 0.05) is 31.2 Å². The average Bonchev–Trinajstić information content (AvgIpc) is 2.68. The zero-order valence-corrected chi connectivity index (χ0v) is 15.0. The molecule has 2 aromatic rings. The molecule has 6 heteroatoms. The van der Waals surface area contributed by atoms with Gasteiger partial charge in [0.2, 0.25) is 0 Å². The minimum Gasteiger partial charge on any atom is -0.339 e. The molecule has 1 aromatic heterocycles. The maximum atomic E-state index is 12.7. The molecule has 0 spiro atoms. The van der Waals surface area contributed by atoms with Crippen LogP contribution in [0.2, 0.25) is 0 Å². The molecule has 2 amide bonds. The minimum atomic E-state index is -0.352. The molecule has 0 aliphatic carbocycles. The molecule has 0 atom stereocenters. The lowest BCUT2D eigenvalue weighted by atomic mass is 10.1. The Balaban J connectivity index is 2.15. The third kappa shape index (κ3) is 4.90. The SMILES string of the molecule is CCCN(CCC)C(=O)c1cncc(C(=O)Nc2ccc(C#N)cc2)c1. The second kappa shape index (κ2) is 9.33. The van der Waals surface area contributed by atoms with Crippen molar-refractivity contribution in [3.8, 4) is 6.07 Å². The van der Waals surface area contributed by atoms with Crippen molar-refractivity contribution in [2.45, 2.75) is 26.7 Å². The Morgan fingerprint density at radius 2 is 1.69 bits per heavy atom. The van der Waals surface area contributed by atoms with Gasteiger partial charge in [-0.15, -0.1) is 0 Å². The van der Waals surface area contributed by atoms with E-state index in [4.69, 9.17) is 5.26 Å². The smallest absolute Gasteiger partial charge is 0.257 e. The average molecular weight is 350 g/mol. The van der Waals surface area contributed by atoms with Crippen LogP contribution in [-0.2, 0) is 0 Å². The quantitative estimate of drug-likeness (QED) is 0.828. The van der Waals surface area contributed by atoms with Crippen molar-refractivity contribution in [1.29, 1.82) is 5.26 Å². The number of aromatic nitrogens is 1. The second-order valence-corrected chi connectivity index (χ2v) is 5.90. The first-order valence-electron chi connectivity index (χ1n) is 8.64. The van der Waals surface area contributed by atoms with Crippen molar-refractivity contribution in [2.24, 2.45) is 0 Å². The van der Waals surface area contributed by atoms with Crippen molar-refractivity contribution in [3.05, 3.63) is 59.4 Å². The largest absolute Gasteiger partial charge is 0.339 e. The Morgan fingerprint density at radius 1 is 1.08 bits per heavy atom. The van der Waals surface area contributed by atoms with E-state index >= 15 is 0 Å². The number of anilines is 1. The maximum absolute atomic E-state index is 12.7. The number of rotatable bonds is 7. The van der Waals surface area contributed by atoms with E-state index in [1.165, 1.54) is 12.4 Å². The monoisotopic (exact) mass is 350 g/mol. The van der Waals surface area contributed by atoms with Crippen molar-refractivity contribution in [3.63, 3.8) is 0 Å². The Kier molecular flexibility index (Phi) is 6.86. The van der Waals surface area contributed by atoms with E-state index in [1.54, 1.807) is 35.2 Å². The van der Waals surface area contributed by atoms with Crippen molar-refractivity contribution >= 4 is 17.5 Å². The number of benzene rings is 1. The summed E-state index contributed by atoms with van der Waals surface area (Å²) in [6, 6.07) is 10.2. The van der Waals surface area contributed by atoms with Crippen molar-refractivity contribution < 1.29 is 9.59 Å². The van der Waals surface area contributed by atoms with E-state index in [0.29, 0.717) is 35.5 Å². The number of carbonyl (C=O) groups excluding carboxylic acids is 2. The van der Waals surface area contributed by atoms with E-state index in [1.807, 2.05) is 19.9 Å². The van der Waals surface area contributed by atoms with Crippen molar-refractivity contribution in [2.75, 3.05) is 18.4 Å². The van der Waals surface area contributed by atoms with Crippen LogP contribution in [0.1, 0.15) is 53.0 Å². The van der Waals surface area contributed by atoms with E-state index in [-0.39, 0.29) is 11.8 Å². The third-order valence-electron chi connectivity index (χ3n) is 3.79. The number of nitriles is 1. The van der Waals surface area contributed by atoms with Crippen LogP contribution in [-0.4, -0.2) is 34.8 Å². The molecular weight excluding hydrogens is 328 g/mol. The molecule has 0 radical (unpaired) electrons. The van der Waals surface area contributed by atoms with Crippen LogP contribution in [0, 0.1) is 11.3 Å². The van der Waals surface area contributed by atoms with Gasteiger partial charge in [0.15, 0.2) is 0 Å². The molecule has 1 aromatic carbocycles. The van der Waals surface area contributed by atoms with Gasteiger partial charge in [-0.3, -0.25) is 14.6 Å². The van der Waals surface area contributed by atoms with Gasteiger partial charge >= 0.3 is 0 Å². The second-order valence-electron chi connectivity index (χ2n) is 5.90. The molecule has 0 bridgehead atoms. The zero-order valence-electron chi connectivity index (χ0n) is 15.0. The zero-order chi connectivity index (χ0) is 18.9. The van der Waals surface area contributed by atoms with Crippen LogP contribution >= 0.6 is 0 Å². The molecule has 0 saturated carbocycles. The molecule has 26 heavy (non-hydrogen) atoms. The molecule has 6 nitrogen and oxygen atoms in total. The van der Waals surface area contributed by atoms with Gasteiger partial charge in [0.25, 0.3) is 11.8 Å². The third-order valence-corrected chi connectivity index (χ3v) is 3.79. The predicted octanol–water partition coefficient (Wildman–Crippen LogP) is 3.47. The molecule has 2 rings (SSSR count). The van der Waals surface area contributed by atoms with Crippen LogP contribution in [0.25, 0.3) is 0 Å². The number of nitrogens with one attached hydrogen (secondary N) is 1. The Labute approximate surface area is 153 Å². The highest BCUT2D eigenvalue weighted by Gasteiger charge is 2.16. The summed E-state index contributed by atoms with van der Waals surface area (Å²) in [7, 11) is 0. The summed E-state index contributed by atoms with van der Waals surface area (Å²) in [5.41, 5.74) is 1.81. The highest BCUT2D eigenvalue weighted by molar-refractivity contribution is 6.05. The molecule has 1 N–H and O–H groups in total. The first-order chi connectivity index (χ1) is 12.6. The summed E-state index contributed by atoms with van der Waals surface area (Å²) in [4.78, 5) is 30.9. The molecule has 1 heterocycles. The first-order valence-corrected chi connectivity index (χ1v) is 8.64. The van der Waals surface area contributed by atoms with Crippen LogP contribution < -0.4 is 5.32 Å². The van der Waals surface area contributed by atoms with Crippen LogP contribution in [0.5, 0.6) is 0 Å². The van der Waals surface area contributed by atoms with Gasteiger partial charge in [-0.1, -0.05) is 13.8 Å². The predicted molar refractivity (Wildman–Crippen MR) is 99.8 cm³/mol. The highest BCUT2D eigenvalue weighted by atomic mass is 16.2. The summed E-state index contributed by atoms with van der Waals surface area (Å²) in [5, 5.41) is 11.6. The lowest BCUT2D eigenvalue weighted by Gasteiger charge is -2.21. The maximum Gasteiger partial charge on any atom is 0.257 e. The summed E-state index contributed by atoms with van der Waals surface area (Å²) >= 11 is 0. The Bertz CT molecular complexity index is 803. The van der Waals surface area contributed by atoms with Crippen molar-refractivity contribution in [1.82, 2.24) is 9.88 Å². The Hall–Kier alpha value is -3.20. The van der Waals surface area contributed by atoms with Gasteiger partial charge in [-0.25, -0.2) is 0 Å². The number of amides is 2. The lowest BCUT2D eigenvalue weighted by molar-refractivity contribution is 0.0755. The fraction of sp³-hybridized carbons (Fsp3) is 0.300. The molecule has 134 valence electrons. The fourth-order valence-electron chi connectivity index (χ4n) is 2.55. The number of nitrogens with zero attached hydrogens (tertiary/aromatic N) is 3. The van der Waals surface area contributed by atoms with E-state index in [2.05, 4.69) is 10.3 Å². The number of hydrogen-bond donors (Lipinski definition) is 1. The number of pyridine rings is 1. The Morgan fingerprint density at radius 3 is 2.27 bits per heavy atom. The van der Waals surface area contributed by atoms with E-state index in [0.717, 1.165) is 12.8 Å². The summed E-state index contributed by atoms with van der Waals surface area (Å²) in [6.07, 6.45) is 4.66. The standard InChI is InChI=1S/C20H22N4O2/c1-3-9-24(10-4-2)20(26)17-11-16(13-22-14-17)19(25)23-18-7-5-15(12-21)6-8-18/h5-8,11,13-14H,3-4,9-10H2,1-2H3,(H,23,25). The minimum absolute atomic E-state index is 0.116. The van der Waals surface area contributed by atoms with Gasteiger partial charge in [0.05, 0.1) is 22.8 Å². The van der Waals surface area contributed by atoms with E-state index < -0.39 is 0 Å². The van der Waals surface area contributed by atoms with Gasteiger partial charge in [-0.05, 0) is 43.2 Å². The topological polar surface area (TPSA) is 86.1 Å². The number of carbonyl (C=O) groups is 2. The molecule has 0 unspecified atom stereocenters. The molecular formula is C20H22N4O2. The van der Waals surface area contributed by atoms with Crippen LogP contribution in [0.3, 0.4) is 0 Å². The normalized spacial score (nSPS) is 10.0. The lowest BCUT2D eigenvalue weighted by Crippen LogP contribution is -2.32. The first kappa shape index (κ1) is 19.1. The molecule has 0 aliphatic rings. The number of hydrogen-bond acceptors (Lipinski definition) is 4. The fourth-order valence-corrected chi connectivity index (χ4v) is 2.55.